The molecule has 1 aliphatic rings. The van der Waals surface area contributed by atoms with Crippen LogP contribution in [0.15, 0.2) is 0 Å². The van der Waals surface area contributed by atoms with Gasteiger partial charge in [-0.1, -0.05) is 52.4 Å². The molecule has 2 unspecified atom stereocenters. The van der Waals surface area contributed by atoms with Gasteiger partial charge in [-0.05, 0) is 32.1 Å². The summed E-state index contributed by atoms with van der Waals surface area (Å²) in [5, 5.41) is 3.71. The van der Waals surface area contributed by atoms with Crippen LogP contribution in [0.2, 0.25) is 0 Å². The van der Waals surface area contributed by atoms with Crippen molar-refractivity contribution in [3.05, 3.63) is 0 Å². The van der Waals surface area contributed by atoms with Crippen LogP contribution in [0.5, 0.6) is 0 Å². The van der Waals surface area contributed by atoms with Crippen molar-refractivity contribution in [2.45, 2.75) is 90.6 Å². The number of unbranched alkanes of at least 4 members (excludes halogenated alkanes) is 5. The van der Waals surface area contributed by atoms with Crippen molar-refractivity contribution in [2.75, 3.05) is 0 Å². The molecule has 0 aromatic heterocycles. The molecule has 2 atom stereocenters. The van der Waals surface area contributed by atoms with Gasteiger partial charge in [0.2, 0.25) is 0 Å². The lowest BCUT2D eigenvalue weighted by atomic mass is 9.96. The number of hydrogen-bond donors (Lipinski definition) is 1. The van der Waals surface area contributed by atoms with Crippen LogP contribution in [-0.4, -0.2) is 12.1 Å². The van der Waals surface area contributed by atoms with Gasteiger partial charge in [0.15, 0.2) is 0 Å². The Labute approximate surface area is 102 Å². The van der Waals surface area contributed by atoms with Crippen LogP contribution < -0.4 is 5.32 Å². The van der Waals surface area contributed by atoms with E-state index in [1.54, 1.807) is 0 Å². The molecule has 0 heterocycles. The van der Waals surface area contributed by atoms with Crippen LogP contribution in [0.1, 0.15) is 78.6 Å². The van der Waals surface area contributed by atoms with Gasteiger partial charge in [-0.3, -0.25) is 0 Å². The van der Waals surface area contributed by atoms with E-state index in [2.05, 4.69) is 26.1 Å². The fraction of sp³-hybridized carbons (Fsp3) is 1.00. The molecular weight excluding hydrogens is 194 g/mol. The Morgan fingerprint density at radius 2 is 1.62 bits per heavy atom. The summed E-state index contributed by atoms with van der Waals surface area (Å²) in [6.45, 7) is 7.06. The summed E-state index contributed by atoms with van der Waals surface area (Å²) >= 11 is 0. The molecule has 0 bridgehead atoms. The predicted molar refractivity (Wildman–Crippen MR) is 72.8 cm³/mol. The lowest BCUT2D eigenvalue weighted by Crippen LogP contribution is -2.33. The molecule has 0 aromatic carbocycles. The lowest BCUT2D eigenvalue weighted by molar-refractivity contribution is 0.363. The van der Waals surface area contributed by atoms with Gasteiger partial charge in [-0.25, -0.2) is 0 Å². The molecule has 16 heavy (non-hydrogen) atoms. The van der Waals surface area contributed by atoms with Crippen molar-refractivity contribution in [3.8, 4) is 0 Å². The van der Waals surface area contributed by atoms with Crippen LogP contribution in [0.25, 0.3) is 0 Å². The highest BCUT2D eigenvalue weighted by Gasteiger charge is 2.24. The third-order valence-electron chi connectivity index (χ3n) is 3.94. The Balaban J connectivity index is 1.90. The van der Waals surface area contributed by atoms with Crippen LogP contribution in [0, 0.1) is 5.92 Å². The Morgan fingerprint density at radius 1 is 1.00 bits per heavy atom. The van der Waals surface area contributed by atoms with E-state index in [1.807, 2.05) is 0 Å². The standard InChI is InChI=1S/C15H31N/c1-4-5-6-7-8-9-10-13(2)14(3)16-15-11-12-15/h13-16H,4-12H2,1-3H3. The van der Waals surface area contributed by atoms with E-state index in [-0.39, 0.29) is 0 Å². The zero-order valence-corrected chi connectivity index (χ0v) is 11.6. The Kier molecular flexibility index (Phi) is 7.11. The van der Waals surface area contributed by atoms with Crippen molar-refractivity contribution in [3.63, 3.8) is 0 Å². The van der Waals surface area contributed by atoms with Gasteiger partial charge in [0.05, 0.1) is 0 Å². The monoisotopic (exact) mass is 225 g/mol. The zero-order chi connectivity index (χ0) is 11.8. The van der Waals surface area contributed by atoms with Crippen LogP contribution in [0.3, 0.4) is 0 Å². The molecule has 1 N–H and O–H groups in total. The molecule has 1 nitrogen and oxygen atoms in total. The average Bonchev–Trinajstić information content (AvgIpc) is 3.06. The summed E-state index contributed by atoms with van der Waals surface area (Å²) < 4.78 is 0. The summed E-state index contributed by atoms with van der Waals surface area (Å²) in [6.07, 6.45) is 12.8. The van der Waals surface area contributed by atoms with Crippen molar-refractivity contribution in [1.82, 2.24) is 5.32 Å². The SMILES string of the molecule is CCCCCCCCC(C)C(C)NC1CC1. The summed E-state index contributed by atoms with van der Waals surface area (Å²) in [4.78, 5) is 0. The Morgan fingerprint density at radius 3 is 2.25 bits per heavy atom. The Bertz CT molecular complexity index is 163. The van der Waals surface area contributed by atoms with E-state index < -0.39 is 0 Å². The molecule has 0 saturated heterocycles. The largest absolute Gasteiger partial charge is 0.311 e. The first-order chi connectivity index (χ1) is 7.74. The molecule has 1 rings (SSSR count). The second-order valence-electron chi connectivity index (χ2n) is 5.76. The molecule has 0 amide bonds. The van der Waals surface area contributed by atoms with Crippen LogP contribution >= 0.6 is 0 Å². The van der Waals surface area contributed by atoms with Gasteiger partial charge < -0.3 is 5.32 Å². The van der Waals surface area contributed by atoms with E-state index in [9.17, 15) is 0 Å². The summed E-state index contributed by atoms with van der Waals surface area (Å²) in [5.74, 6) is 0.853. The normalized spacial score (nSPS) is 19.7. The van der Waals surface area contributed by atoms with E-state index in [0.29, 0.717) is 0 Å². The number of rotatable bonds is 10. The minimum absolute atomic E-state index is 0.725. The smallest absolute Gasteiger partial charge is 0.00708 e. The van der Waals surface area contributed by atoms with Gasteiger partial charge >= 0.3 is 0 Å². The first kappa shape index (κ1) is 14.0. The van der Waals surface area contributed by atoms with Gasteiger partial charge in [-0.2, -0.15) is 0 Å². The Hall–Kier alpha value is -0.0400. The second-order valence-corrected chi connectivity index (χ2v) is 5.76. The van der Waals surface area contributed by atoms with Gasteiger partial charge in [-0.15, -0.1) is 0 Å². The van der Waals surface area contributed by atoms with Crippen molar-refractivity contribution < 1.29 is 0 Å². The molecule has 0 aliphatic heterocycles. The minimum Gasteiger partial charge on any atom is -0.311 e. The third kappa shape index (κ3) is 6.52. The van der Waals surface area contributed by atoms with Crippen molar-refractivity contribution >= 4 is 0 Å². The first-order valence-corrected chi connectivity index (χ1v) is 7.50. The van der Waals surface area contributed by atoms with E-state index in [1.165, 1.54) is 57.8 Å². The lowest BCUT2D eigenvalue weighted by Gasteiger charge is -2.21. The summed E-state index contributed by atoms with van der Waals surface area (Å²) in [6, 6.07) is 1.59. The average molecular weight is 225 g/mol. The predicted octanol–water partition coefficient (Wildman–Crippen LogP) is 4.51. The molecule has 0 spiro atoms. The molecule has 1 heteroatoms. The van der Waals surface area contributed by atoms with Crippen molar-refractivity contribution in [1.29, 1.82) is 0 Å². The first-order valence-electron chi connectivity index (χ1n) is 7.50. The van der Waals surface area contributed by atoms with Gasteiger partial charge in [0, 0.05) is 12.1 Å². The molecular formula is C15H31N. The highest BCUT2D eigenvalue weighted by molar-refractivity contribution is 4.84. The third-order valence-corrected chi connectivity index (χ3v) is 3.94. The maximum Gasteiger partial charge on any atom is 0.00708 e. The zero-order valence-electron chi connectivity index (χ0n) is 11.6. The summed E-state index contributed by atoms with van der Waals surface area (Å²) in [7, 11) is 0. The second kappa shape index (κ2) is 8.11. The highest BCUT2D eigenvalue weighted by Crippen LogP contribution is 2.22. The van der Waals surface area contributed by atoms with Crippen molar-refractivity contribution in [2.24, 2.45) is 5.92 Å². The maximum absolute atomic E-state index is 3.71. The van der Waals surface area contributed by atoms with E-state index in [4.69, 9.17) is 0 Å². The number of nitrogens with one attached hydrogen (secondary N) is 1. The molecule has 1 aliphatic carbocycles. The summed E-state index contributed by atoms with van der Waals surface area (Å²) in [5.41, 5.74) is 0. The molecule has 1 fully saturated rings. The van der Waals surface area contributed by atoms with E-state index in [0.717, 1.165) is 18.0 Å². The van der Waals surface area contributed by atoms with Gasteiger partial charge in [0.25, 0.3) is 0 Å². The number of hydrogen-bond acceptors (Lipinski definition) is 1. The van der Waals surface area contributed by atoms with Crippen LogP contribution in [0.4, 0.5) is 0 Å². The molecule has 96 valence electrons. The van der Waals surface area contributed by atoms with E-state index >= 15 is 0 Å². The maximum atomic E-state index is 3.71. The minimum atomic E-state index is 0.725. The molecule has 1 saturated carbocycles. The fourth-order valence-corrected chi connectivity index (χ4v) is 2.28. The quantitative estimate of drug-likeness (QED) is 0.539. The fourth-order valence-electron chi connectivity index (χ4n) is 2.28. The molecule has 0 aromatic rings. The molecule has 0 radical (unpaired) electrons. The highest BCUT2D eigenvalue weighted by atomic mass is 15.0. The van der Waals surface area contributed by atoms with Gasteiger partial charge in [0.1, 0.15) is 0 Å². The van der Waals surface area contributed by atoms with Crippen LogP contribution in [-0.2, 0) is 0 Å². The topological polar surface area (TPSA) is 12.0 Å².